The molecule has 0 fully saturated rings. The Kier molecular flexibility index (Phi) is 12.9. The largest absolute Gasteiger partial charge is 0.395 e. The Balaban J connectivity index is 3.66. The van der Waals surface area contributed by atoms with E-state index < -0.39 is 37.2 Å². The molecule has 1 aromatic carbocycles. The van der Waals surface area contributed by atoms with Gasteiger partial charge in [-0.25, -0.2) is 0 Å². The van der Waals surface area contributed by atoms with E-state index in [0.29, 0.717) is 13.6 Å². The van der Waals surface area contributed by atoms with E-state index >= 15 is 0 Å². The van der Waals surface area contributed by atoms with Gasteiger partial charge in [-0.2, -0.15) is 0 Å². The molecule has 31 heavy (non-hydrogen) atoms. The molecule has 0 saturated heterocycles. The maximum absolute atomic E-state index is 12.9. The lowest BCUT2D eigenvalue weighted by atomic mass is 10.1. The molecule has 0 heterocycles. The Hall–Kier alpha value is -0.380. The summed E-state index contributed by atoms with van der Waals surface area (Å²) in [6.07, 6.45) is -2.02. The van der Waals surface area contributed by atoms with Crippen molar-refractivity contribution in [3.8, 4) is 0 Å². The van der Waals surface area contributed by atoms with Crippen molar-refractivity contribution in [1.29, 1.82) is 0 Å². The van der Waals surface area contributed by atoms with Gasteiger partial charge >= 0.3 is 0 Å². The van der Waals surface area contributed by atoms with Crippen LogP contribution in [0.25, 0.3) is 0 Å². The standard InChI is InChI=1S/C17H22I3N3O8/c18-12-10(16(30)21-1-2-24)13(19)15(23(7-27)4-9(29)6-26)14(20)11(12)17(31)22-3-8(28)5-25/h7-9,24-26,28-29H,1-6H2,(H,21,30)(H,22,31). The SMILES string of the molecule is O=CN(CC(O)CO)c1c(I)c(C(=O)NCCO)c(I)c(C(=O)NCC(O)CO)c1I. The van der Waals surface area contributed by atoms with Crippen LogP contribution in [0.5, 0.6) is 0 Å². The first-order valence-corrected chi connectivity index (χ1v) is 12.1. The third-order valence-electron chi connectivity index (χ3n) is 3.89. The average Bonchev–Trinajstić information content (AvgIpc) is 2.74. The first-order valence-electron chi connectivity index (χ1n) is 8.81. The number of benzene rings is 1. The molecule has 7 N–H and O–H groups in total. The Labute approximate surface area is 219 Å². The van der Waals surface area contributed by atoms with Crippen LogP contribution < -0.4 is 15.5 Å². The van der Waals surface area contributed by atoms with Gasteiger partial charge in [0.25, 0.3) is 11.8 Å². The van der Waals surface area contributed by atoms with Gasteiger partial charge in [0.15, 0.2) is 0 Å². The fourth-order valence-corrected chi connectivity index (χ4v) is 7.16. The molecule has 14 heteroatoms. The van der Waals surface area contributed by atoms with E-state index in [1.807, 2.05) is 67.8 Å². The topological polar surface area (TPSA) is 180 Å². The van der Waals surface area contributed by atoms with Crippen molar-refractivity contribution in [2.24, 2.45) is 0 Å². The summed E-state index contributed by atoms with van der Waals surface area (Å²) in [6, 6.07) is 0. The molecule has 3 amide bonds. The number of hydrogen-bond donors (Lipinski definition) is 7. The molecule has 2 atom stereocenters. The fourth-order valence-electron chi connectivity index (χ4n) is 2.39. The first-order chi connectivity index (χ1) is 14.6. The van der Waals surface area contributed by atoms with Gasteiger partial charge in [-0.05, 0) is 67.8 Å². The van der Waals surface area contributed by atoms with Gasteiger partial charge in [0.05, 0.1) is 62.5 Å². The second-order valence-corrected chi connectivity index (χ2v) is 9.40. The average molecular weight is 777 g/mol. The zero-order chi connectivity index (χ0) is 23.7. The number of hydrogen-bond acceptors (Lipinski definition) is 8. The Morgan fingerprint density at radius 2 is 1.42 bits per heavy atom. The van der Waals surface area contributed by atoms with Gasteiger partial charge in [-0.1, -0.05) is 0 Å². The molecule has 0 aliphatic carbocycles. The van der Waals surface area contributed by atoms with E-state index in [4.69, 9.17) is 15.3 Å². The number of nitrogens with one attached hydrogen (secondary N) is 2. The highest BCUT2D eigenvalue weighted by molar-refractivity contribution is 14.1. The Morgan fingerprint density at radius 1 is 0.903 bits per heavy atom. The van der Waals surface area contributed by atoms with Gasteiger partial charge in [-0.3, -0.25) is 14.4 Å². The van der Waals surface area contributed by atoms with Crippen LogP contribution in [0.1, 0.15) is 20.7 Å². The molecule has 0 bridgehead atoms. The number of anilines is 1. The molecule has 0 saturated carbocycles. The third-order valence-corrected chi connectivity index (χ3v) is 7.07. The predicted molar refractivity (Wildman–Crippen MR) is 136 cm³/mol. The van der Waals surface area contributed by atoms with Crippen molar-refractivity contribution >= 4 is 91.7 Å². The minimum Gasteiger partial charge on any atom is -0.395 e. The van der Waals surface area contributed by atoms with Gasteiger partial charge in [0.2, 0.25) is 6.41 Å². The van der Waals surface area contributed by atoms with Crippen LogP contribution in [-0.4, -0.2) is 95.4 Å². The molecule has 0 aromatic heterocycles. The van der Waals surface area contributed by atoms with Crippen molar-refractivity contribution in [2.45, 2.75) is 12.2 Å². The summed E-state index contributed by atoms with van der Waals surface area (Å²) in [5.74, 6) is -1.23. The zero-order valence-electron chi connectivity index (χ0n) is 16.0. The molecule has 0 spiro atoms. The lowest BCUT2D eigenvalue weighted by Crippen LogP contribution is -2.38. The number of rotatable bonds is 12. The lowest BCUT2D eigenvalue weighted by molar-refractivity contribution is -0.107. The maximum Gasteiger partial charge on any atom is 0.253 e. The summed E-state index contributed by atoms with van der Waals surface area (Å²) < 4.78 is 0.902. The van der Waals surface area contributed by atoms with Crippen molar-refractivity contribution in [1.82, 2.24) is 10.6 Å². The second kappa shape index (κ2) is 14.0. The first kappa shape index (κ1) is 28.7. The molecule has 1 rings (SSSR count). The van der Waals surface area contributed by atoms with Gasteiger partial charge in [-0.15, -0.1) is 0 Å². The molecule has 0 radical (unpaired) electrons. The molecule has 1 aromatic rings. The van der Waals surface area contributed by atoms with E-state index in [1.54, 1.807) is 0 Å². The van der Waals surface area contributed by atoms with Gasteiger partial charge < -0.3 is 41.1 Å². The van der Waals surface area contributed by atoms with Crippen molar-refractivity contribution in [3.05, 3.63) is 21.8 Å². The Morgan fingerprint density at radius 3 is 1.87 bits per heavy atom. The normalized spacial score (nSPS) is 12.8. The van der Waals surface area contributed by atoms with E-state index in [-0.39, 0.29) is 46.6 Å². The number of aliphatic hydroxyl groups is 5. The van der Waals surface area contributed by atoms with Crippen LogP contribution in [0, 0.1) is 10.7 Å². The highest BCUT2D eigenvalue weighted by Gasteiger charge is 2.30. The van der Waals surface area contributed by atoms with Crippen LogP contribution in [0.15, 0.2) is 0 Å². The molecular weight excluding hydrogens is 755 g/mol. The maximum atomic E-state index is 12.9. The number of nitrogens with zero attached hydrogens (tertiary/aromatic N) is 1. The number of carbonyl (C=O) groups is 3. The Bertz CT molecular complexity index is 812. The molecule has 11 nitrogen and oxygen atoms in total. The smallest absolute Gasteiger partial charge is 0.253 e. The van der Waals surface area contributed by atoms with Crippen molar-refractivity contribution in [3.63, 3.8) is 0 Å². The van der Waals surface area contributed by atoms with Crippen LogP contribution >= 0.6 is 67.8 Å². The van der Waals surface area contributed by atoms with E-state index in [1.165, 1.54) is 0 Å². The summed E-state index contributed by atoms with van der Waals surface area (Å²) >= 11 is 5.52. The summed E-state index contributed by atoms with van der Waals surface area (Å²) in [5, 5.41) is 51.4. The quantitative estimate of drug-likeness (QED) is 0.100. The lowest BCUT2D eigenvalue weighted by Gasteiger charge is -2.26. The summed E-state index contributed by atoms with van der Waals surface area (Å²) in [4.78, 5) is 38.5. The zero-order valence-corrected chi connectivity index (χ0v) is 22.5. The van der Waals surface area contributed by atoms with Crippen LogP contribution in [-0.2, 0) is 4.79 Å². The fraction of sp³-hybridized carbons (Fsp3) is 0.471. The minimum absolute atomic E-state index is 0.0306. The minimum atomic E-state index is -1.25. The predicted octanol–water partition coefficient (Wildman–Crippen LogP) is -1.38. The molecule has 0 aliphatic rings. The molecule has 2 unspecified atom stereocenters. The highest BCUT2D eigenvalue weighted by Crippen LogP contribution is 2.37. The third kappa shape index (κ3) is 7.57. The second-order valence-electron chi connectivity index (χ2n) is 6.16. The number of amides is 3. The van der Waals surface area contributed by atoms with Crippen molar-refractivity contribution in [2.75, 3.05) is 44.4 Å². The molecule has 174 valence electrons. The van der Waals surface area contributed by atoms with Crippen molar-refractivity contribution < 1.29 is 39.9 Å². The summed E-state index contributed by atoms with van der Waals surface area (Å²) in [5.41, 5.74) is 0.329. The van der Waals surface area contributed by atoms with Gasteiger partial charge in [0.1, 0.15) is 0 Å². The summed E-state index contributed by atoms with van der Waals surface area (Å²) in [7, 11) is 0. The van der Waals surface area contributed by atoms with Crippen LogP contribution in [0.3, 0.4) is 0 Å². The van der Waals surface area contributed by atoms with E-state index in [2.05, 4.69) is 10.6 Å². The van der Waals surface area contributed by atoms with Crippen LogP contribution in [0.2, 0.25) is 0 Å². The number of halogens is 3. The van der Waals surface area contributed by atoms with Crippen LogP contribution in [0.4, 0.5) is 5.69 Å². The number of aliphatic hydroxyl groups excluding tert-OH is 5. The summed E-state index contributed by atoms with van der Waals surface area (Å²) in [6.45, 7) is -2.01. The molecule has 0 aliphatic heterocycles. The number of carbonyl (C=O) groups excluding carboxylic acids is 3. The van der Waals surface area contributed by atoms with Gasteiger partial charge in [0, 0.05) is 16.7 Å². The van der Waals surface area contributed by atoms with E-state index in [0.717, 1.165) is 4.90 Å². The molecular formula is C17H22I3N3O8. The highest BCUT2D eigenvalue weighted by atomic mass is 127. The monoisotopic (exact) mass is 777 g/mol. The van der Waals surface area contributed by atoms with E-state index in [9.17, 15) is 24.6 Å².